The van der Waals surface area contributed by atoms with Gasteiger partial charge in [-0.1, -0.05) is 25.9 Å². The van der Waals surface area contributed by atoms with Crippen molar-refractivity contribution < 1.29 is 9.94 Å². The Morgan fingerprint density at radius 3 is 2.52 bits per heavy atom. The summed E-state index contributed by atoms with van der Waals surface area (Å²) in [5.74, 6) is 0.905. The molecule has 0 aromatic heterocycles. The standard InChI is InChI=1S/C16H27N3O2/c1-11(16(2,3)4)19(5)10-13-9-12(15(17)18-20)7-8-14(13)21-6/h7-9,11,20H,10H2,1-6H3,(H2,17,18). The molecule has 3 N–H and O–H groups in total. The minimum atomic E-state index is 0.102. The van der Waals surface area contributed by atoms with E-state index in [1.54, 1.807) is 13.2 Å². The molecular formula is C16H27N3O2. The molecular weight excluding hydrogens is 266 g/mol. The molecule has 1 aromatic carbocycles. The maximum atomic E-state index is 8.80. The first-order valence-corrected chi connectivity index (χ1v) is 7.05. The lowest BCUT2D eigenvalue weighted by Crippen LogP contribution is -2.38. The largest absolute Gasteiger partial charge is 0.496 e. The Morgan fingerprint density at radius 1 is 1.43 bits per heavy atom. The van der Waals surface area contributed by atoms with Crippen LogP contribution in [0.25, 0.3) is 0 Å². The Labute approximate surface area is 127 Å². The third-order valence-electron chi connectivity index (χ3n) is 4.02. The number of hydrogen-bond acceptors (Lipinski definition) is 4. The molecule has 0 saturated carbocycles. The monoisotopic (exact) mass is 293 g/mol. The van der Waals surface area contributed by atoms with Gasteiger partial charge in [0.25, 0.3) is 0 Å². The molecule has 0 saturated heterocycles. The molecule has 5 heteroatoms. The molecule has 1 aromatic rings. The summed E-state index contributed by atoms with van der Waals surface area (Å²) >= 11 is 0. The van der Waals surface area contributed by atoms with Gasteiger partial charge in [0.1, 0.15) is 5.75 Å². The van der Waals surface area contributed by atoms with Gasteiger partial charge in [0, 0.05) is 23.7 Å². The first-order chi connectivity index (χ1) is 9.70. The quantitative estimate of drug-likeness (QED) is 0.379. The van der Waals surface area contributed by atoms with Gasteiger partial charge >= 0.3 is 0 Å². The molecule has 0 radical (unpaired) electrons. The first kappa shape index (κ1) is 17.3. The Bertz CT molecular complexity index is 507. The number of rotatable bonds is 5. The number of amidine groups is 1. The van der Waals surface area contributed by atoms with Gasteiger partial charge in [-0.15, -0.1) is 0 Å². The summed E-state index contributed by atoms with van der Waals surface area (Å²) in [5, 5.41) is 11.9. The van der Waals surface area contributed by atoms with Crippen LogP contribution in [0.2, 0.25) is 0 Å². The normalized spacial score (nSPS) is 14.3. The molecule has 0 aliphatic rings. The van der Waals surface area contributed by atoms with E-state index in [9.17, 15) is 0 Å². The van der Waals surface area contributed by atoms with E-state index in [0.717, 1.165) is 17.9 Å². The molecule has 1 rings (SSSR count). The van der Waals surface area contributed by atoms with Crippen LogP contribution in [0.3, 0.4) is 0 Å². The molecule has 0 bridgehead atoms. The van der Waals surface area contributed by atoms with Gasteiger partial charge in [-0.05, 0) is 37.6 Å². The summed E-state index contributed by atoms with van der Waals surface area (Å²) in [6.45, 7) is 9.60. The smallest absolute Gasteiger partial charge is 0.170 e. The Balaban J connectivity index is 3.05. The van der Waals surface area contributed by atoms with Crippen molar-refractivity contribution in [2.45, 2.75) is 40.3 Å². The molecule has 0 aliphatic carbocycles. The van der Waals surface area contributed by atoms with Crippen LogP contribution in [0.15, 0.2) is 23.4 Å². The third kappa shape index (κ3) is 4.36. The zero-order chi connectivity index (χ0) is 16.2. The molecule has 0 aliphatic heterocycles. The minimum absolute atomic E-state index is 0.102. The van der Waals surface area contributed by atoms with Gasteiger partial charge in [-0.2, -0.15) is 0 Å². The zero-order valence-electron chi connectivity index (χ0n) is 13.8. The predicted molar refractivity (Wildman–Crippen MR) is 85.9 cm³/mol. The van der Waals surface area contributed by atoms with Crippen molar-refractivity contribution in [2.24, 2.45) is 16.3 Å². The Hall–Kier alpha value is -1.75. The van der Waals surface area contributed by atoms with Gasteiger partial charge in [0.2, 0.25) is 0 Å². The van der Waals surface area contributed by atoms with Crippen LogP contribution < -0.4 is 10.5 Å². The maximum Gasteiger partial charge on any atom is 0.170 e. The fourth-order valence-corrected chi connectivity index (χ4v) is 2.19. The lowest BCUT2D eigenvalue weighted by atomic mass is 9.87. The van der Waals surface area contributed by atoms with E-state index in [1.807, 2.05) is 12.1 Å². The van der Waals surface area contributed by atoms with Gasteiger partial charge in [0.05, 0.1) is 7.11 Å². The highest BCUT2D eigenvalue weighted by atomic mass is 16.5. The van der Waals surface area contributed by atoms with Crippen molar-refractivity contribution >= 4 is 5.84 Å². The van der Waals surface area contributed by atoms with E-state index in [0.29, 0.717) is 11.6 Å². The second-order valence-electron chi connectivity index (χ2n) is 6.47. The summed E-state index contributed by atoms with van der Waals surface area (Å²) in [5.41, 5.74) is 7.55. The number of hydrogen-bond donors (Lipinski definition) is 2. The summed E-state index contributed by atoms with van der Waals surface area (Å²) < 4.78 is 5.41. The Morgan fingerprint density at radius 2 is 2.05 bits per heavy atom. The number of oxime groups is 1. The summed E-state index contributed by atoms with van der Waals surface area (Å²) in [6.07, 6.45) is 0. The van der Waals surface area contributed by atoms with E-state index >= 15 is 0 Å². The van der Waals surface area contributed by atoms with Crippen molar-refractivity contribution in [3.8, 4) is 5.75 Å². The van der Waals surface area contributed by atoms with Crippen molar-refractivity contribution in [1.82, 2.24) is 4.90 Å². The lowest BCUT2D eigenvalue weighted by molar-refractivity contribution is 0.133. The highest BCUT2D eigenvalue weighted by Crippen LogP contribution is 2.27. The van der Waals surface area contributed by atoms with Crippen LogP contribution in [0.1, 0.15) is 38.8 Å². The number of nitrogens with two attached hydrogens (primary N) is 1. The van der Waals surface area contributed by atoms with Crippen LogP contribution in [0.4, 0.5) is 0 Å². The van der Waals surface area contributed by atoms with E-state index < -0.39 is 0 Å². The number of methoxy groups -OCH3 is 1. The van der Waals surface area contributed by atoms with Crippen LogP contribution in [-0.2, 0) is 6.54 Å². The highest BCUT2D eigenvalue weighted by molar-refractivity contribution is 5.97. The van der Waals surface area contributed by atoms with Crippen LogP contribution in [0.5, 0.6) is 5.75 Å². The third-order valence-corrected chi connectivity index (χ3v) is 4.02. The topological polar surface area (TPSA) is 71.1 Å². The fraction of sp³-hybridized carbons (Fsp3) is 0.562. The van der Waals surface area contributed by atoms with E-state index in [2.05, 4.69) is 44.8 Å². The van der Waals surface area contributed by atoms with Gasteiger partial charge in [-0.3, -0.25) is 4.90 Å². The minimum Gasteiger partial charge on any atom is -0.496 e. The summed E-state index contributed by atoms with van der Waals surface area (Å²) in [4.78, 5) is 2.27. The highest BCUT2D eigenvalue weighted by Gasteiger charge is 2.24. The molecule has 1 unspecified atom stereocenters. The van der Waals surface area contributed by atoms with Crippen molar-refractivity contribution in [2.75, 3.05) is 14.2 Å². The Kier molecular flexibility index (Phi) is 5.61. The van der Waals surface area contributed by atoms with Crippen molar-refractivity contribution in [1.29, 1.82) is 0 Å². The molecule has 0 spiro atoms. The second kappa shape index (κ2) is 6.80. The van der Waals surface area contributed by atoms with Crippen molar-refractivity contribution in [3.05, 3.63) is 29.3 Å². The maximum absolute atomic E-state index is 8.80. The molecule has 0 heterocycles. The van der Waals surface area contributed by atoms with Crippen LogP contribution in [-0.4, -0.2) is 36.1 Å². The number of nitrogens with zero attached hydrogens (tertiary/aromatic N) is 2. The average molecular weight is 293 g/mol. The average Bonchev–Trinajstić information content (AvgIpc) is 2.44. The van der Waals surface area contributed by atoms with E-state index in [-0.39, 0.29) is 11.3 Å². The van der Waals surface area contributed by atoms with Crippen molar-refractivity contribution in [3.63, 3.8) is 0 Å². The van der Waals surface area contributed by atoms with Gasteiger partial charge in [0.15, 0.2) is 5.84 Å². The molecule has 21 heavy (non-hydrogen) atoms. The van der Waals surface area contributed by atoms with Gasteiger partial charge < -0.3 is 15.7 Å². The van der Waals surface area contributed by atoms with Crippen LogP contribution >= 0.6 is 0 Å². The lowest BCUT2D eigenvalue weighted by Gasteiger charge is -2.35. The summed E-state index contributed by atoms with van der Waals surface area (Å²) in [6, 6.07) is 5.93. The fourth-order valence-electron chi connectivity index (χ4n) is 2.19. The predicted octanol–water partition coefficient (Wildman–Crippen LogP) is 2.66. The molecule has 0 fully saturated rings. The molecule has 0 amide bonds. The van der Waals surface area contributed by atoms with E-state index in [1.165, 1.54) is 0 Å². The van der Waals surface area contributed by atoms with E-state index in [4.69, 9.17) is 15.7 Å². The van der Waals surface area contributed by atoms with Gasteiger partial charge in [-0.25, -0.2) is 0 Å². The molecule has 5 nitrogen and oxygen atoms in total. The van der Waals surface area contributed by atoms with Crippen LogP contribution in [0, 0.1) is 5.41 Å². The molecule has 118 valence electrons. The first-order valence-electron chi connectivity index (χ1n) is 7.05. The second-order valence-corrected chi connectivity index (χ2v) is 6.47. The zero-order valence-corrected chi connectivity index (χ0v) is 13.8. The molecule has 1 atom stereocenters. The number of benzene rings is 1. The number of ether oxygens (including phenoxy) is 1. The SMILES string of the molecule is COc1ccc(/C(N)=N/O)cc1CN(C)C(C)C(C)(C)C. The summed E-state index contributed by atoms with van der Waals surface area (Å²) in [7, 11) is 3.74.